The molecule has 8 heteroatoms. The lowest BCUT2D eigenvalue weighted by Crippen LogP contribution is -2.11. The molecule has 0 radical (unpaired) electrons. The van der Waals surface area contributed by atoms with Gasteiger partial charge in [0.2, 0.25) is 0 Å². The maximum absolute atomic E-state index is 11.7. The lowest BCUT2D eigenvalue weighted by atomic mass is 10.1. The second kappa shape index (κ2) is 6.44. The Hall–Kier alpha value is -3.29. The molecule has 2 aromatic carbocycles. The third kappa shape index (κ3) is 3.85. The summed E-state index contributed by atoms with van der Waals surface area (Å²) in [5, 5.41) is 21.0. The van der Waals surface area contributed by atoms with Crippen LogP contribution in [-0.4, -0.2) is 15.8 Å². The van der Waals surface area contributed by atoms with Gasteiger partial charge in [0.05, 0.1) is 16.3 Å². The molecule has 8 nitrogen and oxygen atoms in total. The van der Waals surface area contributed by atoms with Crippen molar-refractivity contribution in [1.82, 2.24) is 0 Å². The Labute approximate surface area is 124 Å². The number of carbonyl (C=O) groups is 1. The molecule has 2 aromatic rings. The summed E-state index contributed by atoms with van der Waals surface area (Å²) in [4.78, 5) is 31.7. The number of non-ortho nitro benzene ring substituents is 2. The number of hydrogen-bond acceptors (Lipinski definition) is 6. The Morgan fingerprint density at radius 3 is 1.77 bits per heavy atom. The maximum Gasteiger partial charge on any atom is 0.315 e. The van der Waals surface area contributed by atoms with Crippen molar-refractivity contribution in [2.75, 3.05) is 0 Å². The van der Waals surface area contributed by atoms with Crippen LogP contribution < -0.4 is 4.74 Å². The smallest absolute Gasteiger partial charge is 0.315 e. The molecule has 2 rings (SSSR count). The normalized spacial score (nSPS) is 10.0. The fraction of sp³-hybridized carbons (Fsp3) is 0.0714. The van der Waals surface area contributed by atoms with Gasteiger partial charge in [-0.2, -0.15) is 0 Å². The second-order valence-electron chi connectivity index (χ2n) is 4.33. The number of nitro groups is 2. The number of ether oxygens (including phenoxy) is 1. The largest absolute Gasteiger partial charge is 0.426 e. The maximum atomic E-state index is 11.7. The molecule has 0 spiro atoms. The van der Waals surface area contributed by atoms with Gasteiger partial charge in [-0.3, -0.25) is 25.0 Å². The van der Waals surface area contributed by atoms with Crippen LogP contribution in [0.2, 0.25) is 0 Å². The third-order valence-corrected chi connectivity index (χ3v) is 2.77. The number of nitrogens with zero attached hydrogens (tertiary/aromatic N) is 2. The fourth-order valence-electron chi connectivity index (χ4n) is 1.71. The predicted molar refractivity (Wildman–Crippen MR) is 75.5 cm³/mol. The van der Waals surface area contributed by atoms with Gasteiger partial charge in [0.25, 0.3) is 11.4 Å². The average Bonchev–Trinajstić information content (AvgIpc) is 2.48. The Balaban J connectivity index is 1.97. The number of esters is 1. The van der Waals surface area contributed by atoms with Crippen LogP contribution in [0.15, 0.2) is 48.5 Å². The number of hydrogen-bond donors (Lipinski definition) is 0. The molecule has 0 unspecified atom stereocenters. The zero-order chi connectivity index (χ0) is 16.1. The predicted octanol–water partition coefficient (Wildman–Crippen LogP) is 2.65. The van der Waals surface area contributed by atoms with E-state index in [1.165, 1.54) is 48.5 Å². The van der Waals surface area contributed by atoms with Gasteiger partial charge in [0, 0.05) is 24.3 Å². The first-order valence-electron chi connectivity index (χ1n) is 6.14. The fourth-order valence-corrected chi connectivity index (χ4v) is 1.71. The summed E-state index contributed by atoms with van der Waals surface area (Å²) in [6.45, 7) is 0. The van der Waals surface area contributed by atoms with E-state index < -0.39 is 15.8 Å². The van der Waals surface area contributed by atoms with Crippen LogP contribution in [0, 0.1) is 20.2 Å². The van der Waals surface area contributed by atoms with Gasteiger partial charge in [0.1, 0.15) is 5.75 Å². The first-order valence-corrected chi connectivity index (χ1v) is 6.14. The third-order valence-electron chi connectivity index (χ3n) is 2.77. The highest BCUT2D eigenvalue weighted by molar-refractivity contribution is 5.75. The highest BCUT2D eigenvalue weighted by atomic mass is 16.6. The molecule has 22 heavy (non-hydrogen) atoms. The highest BCUT2D eigenvalue weighted by Crippen LogP contribution is 2.18. The Kier molecular flexibility index (Phi) is 4.42. The number of carbonyl (C=O) groups excluding carboxylic acids is 1. The number of nitro benzene ring substituents is 2. The summed E-state index contributed by atoms with van der Waals surface area (Å²) in [5.74, 6) is -0.375. The van der Waals surface area contributed by atoms with Gasteiger partial charge in [-0.05, 0) is 17.7 Å². The summed E-state index contributed by atoms with van der Waals surface area (Å²) < 4.78 is 5.04. The minimum absolute atomic E-state index is 0.0605. The Morgan fingerprint density at radius 2 is 1.32 bits per heavy atom. The van der Waals surface area contributed by atoms with Gasteiger partial charge < -0.3 is 4.74 Å². The first-order chi connectivity index (χ1) is 10.5. The molecule has 0 aliphatic carbocycles. The molecule has 0 saturated heterocycles. The van der Waals surface area contributed by atoms with Crippen molar-refractivity contribution >= 4 is 17.3 Å². The molecule has 0 aromatic heterocycles. The summed E-state index contributed by atoms with van der Waals surface area (Å²) in [7, 11) is 0. The molecule has 0 aliphatic heterocycles. The van der Waals surface area contributed by atoms with E-state index in [4.69, 9.17) is 4.74 Å². The van der Waals surface area contributed by atoms with Crippen molar-refractivity contribution in [3.8, 4) is 5.75 Å². The van der Waals surface area contributed by atoms with E-state index >= 15 is 0 Å². The van der Waals surface area contributed by atoms with Gasteiger partial charge >= 0.3 is 5.97 Å². The SMILES string of the molecule is O=C(Cc1ccc([N+](=O)[O-])cc1)Oc1ccc([N+](=O)[O-])cc1. The van der Waals surface area contributed by atoms with Crippen LogP contribution in [0.1, 0.15) is 5.56 Å². The van der Waals surface area contributed by atoms with Crippen LogP contribution in [0.25, 0.3) is 0 Å². The molecule has 0 fully saturated rings. The molecule has 0 atom stereocenters. The lowest BCUT2D eigenvalue weighted by Gasteiger charge is -2.04. The van der Waals surface area contributed by atoms with Crippen LogP contribution in [0.3, 0.4) is 0 Å². The summed E-state index contributed by atoms with van der Waals surface area (Å²) in [5.41, 5.74) is 0.403. The minimum atomic E-state index is -0.567. The second-order valence-corrected chi connectivity index (χ2v) is 4.33. The summed E-state index contributed by atoms with van der Waals surface area (Å²) >= 11 is 0. The minimum Gasteiger partial charge on any atom is -0.426 e. The van der Waals surface area contributed by atoms with Crippen LogP contribution in [0.5, 0.6) is 5.75 Å². The van der Waals surface area contributed by atoms with Crippen molar-refractivity contribution in [1.29, 1.82) is 0 Å². The van der Waals surface area contributed by atoms with Gasteiger partial charge in [-0.15, -0.1) is 0 Å². The quantitative estimate of drug-likeness (QED) is 0.363. The van der Waals surface area contributed by atoms with Crippen LogP contribution in [0.4, 0.5) is 11.4 Å². The van der Waals surface area contributed by atoms with E-state index in [0.29, 0.717) is 5.56 Å². The number of benzene rings is 2. The van der Waals surface area contributed by atoms with Gasteiger partial charge in [0.15, 0.2) is 0 Å². The molecule has 0 aliphatic rings. The van der Waals surface area contributed by atoms with Crippen molar-refractivity contribution in [2.24, 2.45) is 0 Å². The summed E-state index contributed by atoms with van der Waals surface area (Å²) in [6.07, 6.45) is -0.0605. The highest BCUT2D eigenvalue weighted by Gasteiger charge is 2.10. The van der Waals surface area contributed by atoms with E-state index in [1.54, 1.807) is 0 Å². The van der Waals surface area contributed by atoms with Crippen molar-refractivity contribution in [2.45, 2.75) is 6.42 Å². The van der Waals surface area contributed by atoms with Crippen molar-refractivity contribution in [3.63, 3.8) is 0 Å². The zero-order valence-electron chi connectivity index (χ0n) is 11.2. The first kappa shape index (κ1) is 15.1. The zero-order valence-corrected chi connectivity index (χ0v) is 11.2. The Bertz CT molecular complexity index is 648. The molecule has 0 saturated carbocycles. The van der Waals surface area contributed by atoms with E-state index in [9.17, 15) is 25.0 Å². The standard InChI is InChI=1S/C14H10N2O6/c17-14(9-10-1-3-11(4-2-10)15(18)19)22-13-7-5-12(6-8-13)16(20)21/h1-8H,9H2. The van der Waals surface area contributed by atoms with Crippen molar-refractivity contribution < 1.29 is 19.4 Å². The number of rotatable bonds is 5. The van der Waals surface area contributed by atoms with Crippen LogP contribution in [-0.2, 0) is 11.2 Å². The molecule has 0 bridgehead atoms. The molecule has 0 heterocycles. The van der Waals surface area contributed by atoms with Crippen molar-refractivity contribution in [3.05, 3.63) is 74.3 Å². The lowest BCUT2D eigenvalue weighted by molar-refractivity contribution is -0.385. The molecular formula is C14H10N2O6. The van der Waals surface area contributed by atoms with E-state index in [0.717, 1.165) is 0 Å². The monoisotopic (exact) mass is 302 g/mol. The van der Waals surface area contributed by atoms with E-state index in [1.807, 2.05) is 0 Å². The molecule has 0 N–H and O–H groups in total. The molecular weight excluding hydrogens is 292 g/mol. The van der Waals surface area contributed by atoms with Gasteiger partial charge in [-0.25, -0.2) is 0 Å². The van der Waals surface area contributed by atoms with E-state index in [-0.39, 0.29) is 23.5 Å². The van der Waals surface area contributed by atoms with Crippen LogP contribution >= 0.6 is 0 Å². The molecule has 112 valence electrons. The van der Waals surface area contributed by atoms with Gasteiger partial charge in [-0.1, -0.05) is 12.1 Å². The topological polar surface area (TPSA) is 113 Å². The molecule has 0 amide bonds. The summed E-state index contributed by atoms with van der Waals surface area (Å²) in [6, 6.07) is 10.6. The Morgan fingerprint density at radius 1 is 0.864 bits per heavy atom. The average molecular weight is 302 g/mol. The van der Waals surface area contributed by atoms with E-state index in [2.05, 4.69) is 0 Å².